The largest absolute Gasteiger partial charge is 0.459 e. The molecule has 120 valence electrons. The Morgan fingerprint density at radius 1 is 1.04 bits per heavy atom. The highest BCUT2D eigenvalue weighted by molar-refractivity contribution is 5.87. The van der Waals surface area contributed by atoms with Crippen molar-refractivity contribution in [1.29, 1.82) is 0 Å². The molecule has 0 aliphatic carbocycles. The molecule has 1 atom stereocenters. The molecule has 0 bridgehead atoms. The van der Waals surface area contributed by atoms with Gasteiger partial charge in [0.15, 0.2) is 0 Å². The van der Waals surface area contributed by atoms with Gasteiger partial charge in [-0.05, 0) is 31.5 Å². The number of ketones is 1. The third-order valence-corrected chi connectivity index (χ3v) is 3.39. The van der Waals surface area contributed by atoms with E-state index >= 15 is 0 Å². The molecule has 0 spiro atoms. The van der Waals surface area contributed by atoms with Crippen molar-refractivity contribution in [1.82, 2.24) is 0 Å². The van der Waals surface area contributed by atoms with Gasteiger partial charge >= 0.3 is 5.97 Å². The molecule has 2 rings (SSSR count). The number of carbonyl (C=O) groups is 2. The minimum absolute atomic E-state index is 0.0636. The Bertz CT molecular complexity index is 650. The van der Waals surface area contributed by atoms with Crippen molar-refractivity contribution in [3.63, 3.8) is 0 Å². The monoisotopic (exact) mass is 311 g/mol. The quantitative estimate of drug-likeness (QED) is 0.795. The first-order chi connectivity index (χ1) is 11.0. The molecule has 0 aliphatic heterocycles. The summed E-state index contributed by atoms with van der Waals surface area (Å²) in [6, 6.07) is 16.4. The van der Waals surface area contributed by atoms with E-state index in [9.17, 15) is 9.59 Å². The summed E-state index contributed by atoms with van der Waals surface area (Å²) in [6.07, 6.45) is 0.0987. The molecular weight excluding hydrogens is 290 g/mol. The fourth-order valence-corrected chi connectivity index (χ4v) is 2.16. The number of hydrogen-bond donors (Lipinski definition) is 1. The number of benzene rings is 2. The van der Waals surface area contributed by atoms with E-state index in [1.54, 1.807) is 0 Å². The topological polar surface area (TPSA) is 55.4 Å². The van der Waals surface area contributed by atoms with Crippen LogP contribution in [-0.2, 0) is 20.9 Å². The minimum Gasteiger partial charge on any atom is -0.459 e. The van der Waals surface area contributed by atoms with Crippen molar-refractivity contribution in [3.05, 3.63) is 65.7 Å². The van der Waals surface area contributed by atoms with Gasteiger partial charge in [-0.2, -0.15) is 0 Å². The lowest BCUT2D eigenvalue weighted by Crippen LogP contribution is -2.33. The Morgan fingerprint density at radius 2 is 1.70 bits per heavy atom. The van der Waals surface area contributed by atoms with Crippen LogP contribution >= 0.6 is 0 Å². The summed E-state index contributed by atoms with van der Waals surface area (Å²) >= 11 is 0. The smallest absolute Gasteiger partial charge is 0.329 e. The number of hydrogen-bond acceptors (Lipinski definition) is 4. The molecular formula is C19H21NO3. The van der Waals surface area contributed by atoms with Crippen LogP contribution in [-0.4, -0.2) is 17.8 Å². The van der Waals surface area contributed by atoms with Gasteiger partial charge in [0.1, 0.15) is 18.4 Å². The van der Waals surface area contributed by atoms with E-state index in [0.29, 0.717) is 0 Å². The van der Waals surface area contributed by atoms with Crippen molar-refractivity contribution in [2.24, 2.45) is 0 Å². The van der Waals surface area contributed by atoms with E-state index in [2.05, 4.69) is 5.32 Å². The molecule has 0 fully saturated rings. The van der Waals surface area contributed by atoms with E-state index in [1.165, 1.54) is 6.92 Å². The predicted molar refractivity (Wildman–Crippen MR) is 90.1 cm³/mol. The fraction of sp³-hybridized carbons (Fsp3) is 0.263. The van der Waals surface area contributed by atoms with Gasteiger partial charge in [-0.15, -0.1) is 0 Å². The van der Waals surface area contributed by atoms with E-state index in [4.69, 9.17) is 4.74 Å². The maximum atomic E-state index is 12.3. The van der Waals surface area contributed by atoms with Crippen LogP contribution in [0.15, 0.2) is 54.6 Å². The van der Waals surface area contributed by atoms with Gasteiger partial charge in [-0.3, -0.25) is 4.79 Å². The van der Waals surface area contributed by atoms with Crippen LogP contribution in [0.1, 0.15) is 24.5 Å². The lowest BCUT2D eigenvalue weighted by Gasteiger charge is -2.18. The average molecular weight is 311 g/mol. The molecule has 1 unspecified atom stereocenters. The maximum Gasteiger partial charge on any atom is 0.329 e. The molecule has 1 N–H and O–H groups in total. The molecule has 0 saturated carbocycles. The Kier molecular flexibility index (Phi) is 5.92. The molecule has 2 aromatic carbocycles. The van der Waals surface area contributed by atoms with Crippen molar-refractivity contribution >= 4 is 17.4 Å². The Hall–Kier alpha value is -2.62. The zero-order valence-corrected chi connectivity index (χ0v) is 13.4. The number of rotatable bonds is 7. The average Bonchev–Trinajstić information content (AvgIpc) is 2.54. The number of esters is 1. The summed E-state index contributed by atoms with van der Waals surface area (Å²) in [5.74, 6) is -0.490. The number of anilines is 1. The number of nitrogens with one attached hydrogen (secondary N) is 1. The third kappa shape index (κ3) is 5.58. The molecule has 0 amide bonds. The van der Waals surface area contributed by atoms with E-state index in [0.717, 1.165) is 16.8 Å². The lowest BCUT2D eigenvalue weighted by atomic mass is 10.1. The van der Waals surface area contributed by atoms with Crippen LogP contribution < -0.4 is 5.32 Å². The third-order valence-electron chi connectivity index (χ3n) is 3.39. The van der Waals surface area contributed by atoms with Crippen LogP contribution in [0.3, 0.4) is 0 Å². The van der Waals surface area contributed by atoms with Gasteiger partial charge in [0.25, 0.3) is 0 Å². The number of carbonyl (C=O) groups excluding carboxylic acids is 2. The zero-order valence-electron chi connectivity index (χ0n) is 13.4. The Labute approximate surface area is 136 Å². The van der Waals surface area contributed by atoms with Gasteiger partial charge in [0.2, 0.25) is 0 Å². The summed E-state index contributed by atoms with van der Waals surface area (Å²) in [5.41, 5.74) is 2.83. The van der Waals surface area contributed by atoms with Crippen molar-refractivity contribution in [2.75, 3.05) is 5.32 Å². The standard InChI is InChI=1S/C19H21NO3/c1-14-8-10-17(11-9-14)20-18(12-15(2)21)19(22)23-13-16-6-4-3-5-7-16/h3-11,18,20H,12-13H2,1-2H3. The first kappa shape index (κ1) is 16.7. The van der Waals surface area contributed by atoms with Crippen molar-refractivity contribution in [2.45, 2.75) is 32.9 Å². The van der Waals surface area contributed by atoms with E-state index in [1.807, 2.05) is 61.5 Å². The van der Waals surface area contributed by atoms with Crippen LogP contribution in [0.25, 0.3) is 0 Å². The van der Waals surface area contributed by atoms with Crippen molar-refractivity contribution < 1.29 is 14.3 Å². The number of ether oxygens (including phenoxy) is 1. The van der Waals surface area contributed by atoms with Gasteiger partial charge in [-0.1, -0.05) is 48.0 Å². The van der Waals surface area contributed by atoms with E-state index < -0.39 is 12.0 Å². The second kappa shape index (κ2) is 8.13. The summed E-state index contributed by atoms with van der Waals surface area (Å²) in [6.45, 7) is 3.66. The maximum absolute atomic E-state index is 12.3. The Balaban J connectivity index is 2.00. The van der Waals surface area contributed by atoms with Gasteiger partial charge < -0.3 is 10.1 Å². The normalized spacial score (nSPS) is 11.6. The fourth-order valence-electron chi connectivity index (χ4n) is 2.16. The number of Topliss-reactive ketones (excluding diaryl/α,β-unsaturated/α-hetero) is 1. The molecule has 0 radical (unpaired) electrons. The van der Waals surface area contributed by atoms with Crippen LogP contribution in [0.5, 0.6) is 0 Å². The molecule has 0 heterocycles. The highest BCUT2D eigenvalue weighted by atomic mass is 16.5. The first-order valence-corrected chi connectivity index (χ1v) is 7.58. The van der Waals surface area contributed by atoms with Crippen molar-refractivity contribution in [3.8, 4) is 0 Å². The highest BCUT2D eigenvalue weighted by Crippen LogP contribution is 2.13. The van der Waals surface area contributed by atoms with Crippen LogP contribution in [0, 0.1) is 6.92 Å². The molecule has 0 saturated heterocycles. The summed E-state index contributed by atoms with van der Waals surface area (Å²) in [5, 5.41) is 3.08. The molecule has 0 aromatic heterocycles. The van der Waals surface area contributed by atoms with Crippen LogP contribution in [0.2, 0.25) is 0 Å². The molecule has 4 heteroatoms. The summed E-state index contributed by atoms with van der Waals surface area (Å²) < 4.78 is 5.33. The van der Waals surface area contributed by atoms with Crippen LogP contribution in [0.4, 0.5) is 5.69 Å². The first-order valence-electron chi connectivity index (χ1n) is 7.58. The highest BCUT2D eigenvalue weighted by Gasteiger charge is 2.21. The molecule has 0 aliphatic rings. The lowest BCUT2D eigenvalue weighted by molar-refractivity contribution is -0.147. The van der Waals surface area contributed by atoms with E-state index in [-0.39, 0.29) is 18.8 Å². The summed E-state index contributed by atoms with van der Waals surface area (Å²) in [4.78, 5) is 23.7. The predicted octanol–water partition coefficient (Wildman–Crippen LogP) is 3.50. The number of aryl methyl sites for hydroxylation is 1. The second-order valence-corrected chi connectivity index (χ2v) is 5.56. The SMILES string of the molecule is CC(=O)CC(Nc1ccc(C)cc1)C(=O)OCc1ccccc1. The molecule has 2 aromatic rings. The van der Waals surface area contributed by atoms with Gasteiger partial charge in [0.05, 0.1) is 0 Å². The molecule has 4 nitrogen and oxygen atoms in total. The van der Waals surface area contributed by atoms with Gasteiger partial charge in [-0.25, -0.2) is 4.79 Å². The zero-order chi connectivity index (χ0) is 16.7. The molecule has 23 heavy (non-hydrogen) atoms. The Morgan fingerprint density at radius 3 is 2.30 bits per heavy atom. The minimum atomic E-state index is -0.682. The second-order valence-electron chi connectivity index (χ2n) is 5.56. The summed E-state index contributed by atoms with van der Waals surface area (Å²) in [7, 11) is 0. The van der Waals surface area contributed by atoms with Gasteiger partial charge in [0, 0.05) is 12.1 Å².